The third-order valence-electron chi connectivity index (χ3n) is 1.76. The molecular weight excluding hydrogens is 142 g/mol. The van der Waals surface area contributed by atoms with Crippen molar-refractivity contribution in [3.63, 3.8) is 0 Å². The zero-order chi connectivity index (χ0) is 8.65. The lowest BCUT2D eigenvalue weighted by Gasteiger charge is -2.46. The van der Waals surface area contributed by atoms with Crippen molar-refractivity contribution in [2.45, 2.75) is 12.5 Å². The van der Waals surface area contributed by atoms with Gasteiger partial charge in [0.25, 0.3) is 0 Å². The number of hydrogen-bond acceptors (Lipinski definition) is 2. The number of rotatable bonds is 0. The normalized spacial score (nSPS) is 20.9. The molecule has 0 unspecified atom stereocenters. The number of urea groups is 1. The van der Waals surface area contributed by atoms with E-state index >= 15 is 0 Å². The van der Waals surface area contributed by atoms with Gasteiger partial charge < -0.3 is 15.5 Å². The van der Waals surface area contributed by atoms with Crippen LogP contribution < -0.4 is 5.73 Å². The second-order valence-corrected chi connectivity index (χ2v) is 3.69. The van der Waals surface area contributed by atoms with Crippen LogP contribution in [0.4, 0.5) is 4.79 Å². The van der Waals surface area contributed by atoms with Crippen LogP contribution in [0.1, 0.15) is 6.92 Å². The number of likely N-dealkylation sites (tertiary alicyclic amines) is 1. The second-order valence-electron chi connectivity index (χ2n) is 3.69. The summed E-state index contributed by atoms with van der Waals surface area (Å²) < 4.78 is 0. The molecule has 0 radical (unpaired) electrons. The molecule has 1 rings (SSSR count). The van der Waals surface area contributed by atoms with Crippen LogP contribution in [0, 0.1) is 0 Å². The van der Waals surface area contributed by atoms with Crippen LogP contribution in [0.15, 0.2) is 0 Å². The highest BCUT2D eigenvalue weighted by molar-refractivity contribution is 5.75. The van der Waals surface area contributed by atoms with Crippen LogP contribution >= 0.6 is 0 Å². The van der Waals surface area contributed by atoms with Gasteiger partial charge in [-0.15, -0.1) is 0 Å². The molecule has 0 aromatic rings. The largest absolute Gasteiger partial charge is 0.331 e. The van der Waals surface area contributed by atoms with Gasteiger partial charge >= 0.3 is 6.03 Å². The summed E-state index contributed by atoms with van der Waals surface area (Å²) >= 11 is 0. The monoisotopic (exact) mass is 157 g/mol. The summed E-state index contributed by atoms with van der Waals surface area (Å²) in [6.07, 6.45) is 0. The Morgan fingerprint density at radius 1 is 1.55 bits per heavy atom. The van der Waals surface area contributed by atoms with Gasteiger partial charge in [0.1, 0.15) is 0 Å². The Bertz CT molecular complexity index is 169. The fraction of sp³-hybridized carbons (Fsp3) is 0.857. The van der Waals surface area contributed by atoms with Crippen molar-refractivity contribution in [3.05, 3.63) is 0 Å². The highest BCUT2D eigenvalue weighted by Crippen LogP contribution is 2.17. The van der Waals surface area contributed by atoms with E-state index in [0.717, 1.165) is 0 Å². The highest BCUT2D eigenvalue weighted by atomic mass is 16.2. The quantitative estimate of drug-likeness (QED) is 0.525. The number of hydrogen-bond donors (Lipinski definition) is 1. The van der Waals surface area contributed by atoms with Crippen LogP contribution in [-0.4, -0.2) is 48.6 Å². The predicted octanol–water partition coefficient (Wildman–Crippen LogP) is -0.299. The maximum absolute atomic E-state index is 11.2. The van der Waals surface area contributed by atoms with E-state index in [1.54, 1.807) is 23.9 Å². The van der Waals surface area contributed by atoms with Gasteiger partial charge in [0, 0.05) is 32.7 Å². The predicted molar refractivity (Wildman–Crippen MR) is 43.2 cm³/mol. The van der Waals surface area contributed by atoms with Gasteiger partial charge in [0.15, 0.2) is 0 Å². The summed E-state index contributed by atoms with van der Waals surface area (Å²) in [6.45, 7) is 3.29. The molecule has 0 atom stereocenters. The Hall–Kier alpha value is -0.770. The first-order valence-electron chi connectivity index (χ1n) is 3.67. The average molecular weight is 157 g/mol. The topological polar surface area (TPSA) is 49.6 Å². The summed E-state index contributed by atoms with van der Waals surface area (Å²) in [5.41, 5.74) is 5.58. The van der Waals surface area contributed by atoms with E-state index < -0.39 is 0 Å². The third kappa shape index (κ3) is 1.63. The van der Waals surface area contributed by atoms with Gasteiger partial charge in [-0.05, 0) is 6.92 Å². The standard InChI is InChI=1S/C7H15N3O/c1-7(8)4-10(5-7)6(11)9(2)3/h4-5,8H2,1-3H3. The van der Waals surface area contributed by atoms with Crippen LogP contribution in [0.25, 0.3) is 0 Å². The van der Waals surface area contributed by atoms with Gasteiger partial charge in [-0.1, -0.05) is 0 Å². The van der Waals surface area contributed by atoms with Gasteiger partial charge in [0.05, 0.1) is 0 Å². The molecule has 11 heavy (non-hydrogen) atoms. The van der Waals surface area contributed by atoms with Crippen molar-refractivity contribution in [1.82, 2.24) is 9.80 Å². The zero-order valence-corrected chi connectivity index (χ0v) is 7.29. The molecule has 0 saturated carbocycles. The molecule has 4 nitrogen and oxygen atoms in total. The van der Waals surface area contributed by atoms with E-state index in [1.807, 2.05) is 6.92 Å². The molecule has 1 aliphatic rings. The van der Waals surface area contributed by atoms with Crippen molar-refractivity contribution in [3.8, 4) is 0 Å². The smallest absolute Gasteiger partial charge is 0.319 e. The van der Waals surface area contributed by atoms with E-state index in [4.69, 9.17) is 5.73 Å². The maximum atomic E-state index is 11.2. The Morgan fingerprint density at radius 2 is 2.00 bits per heavy atom. The minimum Gasteiger partial charge on any atom is -0.331 e. The number of nitrogens with two attached hydrogens (primary N) is 1. The summed E-state index contributed by atoms with van der Waals surface area (Å²) in [5, 5.41) is 0. The number of carbonyl (C=O) groups excluding carboxylic acids is 1. The second kappa shape index (κ2) is 2.37. The molecule has 1 aliphatic heterocycles. The van der Waals surface area contributed by atoms with Crippen molar-refractivity contribution in [1.29, 1.82) is 0 Å². The summed E-state index contributed by atoms with van der Waals surface area (Å²) in [6, 6.07) is 0.0490. The summed E-state index contributed by atoms with van der Waals surface area (Å²) in [7, 11) is 3.49. The Labute approximate surface area is 66.9 Å². The lowest BCUT2D eigenvalue weighted by atomic mass is 9.94. The van der Waals surface area contributed by atoms with Gasteiger partial charge in [-0.2, -0.15) is 0 Å². The first-order valence-corrected chi connectivity index (χ1v) is 3.67. The first-order chi connectivity index (χ1) is 4.92. The lowest BCUT2D eigenvalue weighted by Crippen LogP contribution is -2.68. The molecule has 1 fully saturated rings. The molecule has 64 valence electrons. The molecule has 0 bridgehead atoms. The molecule has 0 spiro atoms. The molecule has 0 aromatic carbocycles. The molecular formula is C7H15N3O. The van der Waals surface area contributed by atoms with Crippen molar-refractivity contribution >= 4 is 6.03 Å². The fourth-order valence-electron chi connectivity index (χ4n) is 1.24. The van der Waals surface area contributed by atoms with Crippen molar-refractivity contribution < 1.29 is 4.79 Å². The van der Waals surface area contributed by atoms with E-state index in [1.165, 1.54) is 0 Å². The minimum atomic E-state index is -0.161. The summed E-state index contributed by atoms with van der Waals surface area (Å²) in [4.78, 5) is 14.5. The van der Waals surface area contributed by atoms with E-state index in [0.29, 0.717) is 13.1 Å². The van der Waals surface area contributed by atoms with E-state index in [2.05, 4.69) is 0 Å². The van der Waals surface area contributed by atoms with Gasteiger partial charge in [-0.3, -0.25) is 0 Å². The molecule has 0 aliphatic carbocycles. The van der Waals surface area contributed by atoms with Gasteiger partial charge in [0.2, 0.25) is 0 Å². The number of amides is 2. The Morgan fingerprint density at radius 3 is 2.27 bits per heavy atom. The molecule has 0 aromatic heterocycles. The van der Waals surface area contributed by atoms with Crippen LogP contribution in [-0.2, 0) is 0 Å². The molecule has 1 heterocycles. The molecule has 4 heteroatoms. The first kappa shape index (κ1) is 8.33. The minimum absolute atomic E-state index is 0.0490. The fourth-order valence-corrected chi connectivity index (χ4v) is 1.24. The van der Waals surface area contributed by atoms with E-state index in [-0.39, 0.29) is 11.6 Å². The lowest BCUT2D eigenvalue weighted by molar-refractivity contribution is 0.0901. The Kier molecular flexibility index (Phi) is 1.80. The molecule has 1 saturated heterocycles. The average Bonchev–Trinajstić information content (AvgIpc) is 1.80. The third-order valence-corrected chi connectivity index (χ3v) is 1.76. The van der Waals surface area contributed by atoms with Crippen molar-refractivity contribution in [2.24, 2.45) is 5.73 Å². The highest BCUT2D eigenvalue weighted by Gasteiger charge is 2.38. The molecule has 2 amide bonds. The van der Waals surface area contributed by atoms with Gasteiger partial charge in [-0.25, -0.2) is 4.79 Å². The number of carbonyl (C=O) groups is 1. The van der Waals surface area contributed by atoms with Crippen molar-refractivity contribution in [2.75, 3.05) is 27.2 Å². The molecule has 2 N–H and O–H groups in total. The Balaban J connectivity index is 2.38. The number of nitrogens with zero attached hydrogens (tertiary/aromatic N) is 2. The van der Waals surface area contributed by atoms with Crippen LogP contribution in [0.3, 0.4) is 0 Å². The van der Waals surface area contributed by atoms with Crippen LogP contribution in [0.2, 0.25) is 0 Å². The SMILES string of the molecule is CN(C)C(=O)N1CC(C)(N)C1. The van der Waals surface area contributed by atoms with E-state index in [9.17, 15) is 4.79 Å². The van der Waals surface area contributed by atoms with Crippen LogP contribution in [0.5, 0.6) is 0 Å². The maximum Gasteiger partial charge on any atom is 0.319 e. The summed E-state index contributed by atoms with van der Waals surface area (Å²) in [5.74, 6) is 0. The zero-order valence-electron chi connectivity index (χ0n) is 7.29.